The van der Waals surface area contributed by atoms with E-state index in [-0.39, 0.29) is 11.7 Å². The summed E-state index contributed by atoms with van der Waals surface area (Å²) in [7, 11) is 0. The van der Waals surface area contributed by atoms with Gasteiger partial charge in [0.25, 0.3) is 0 Å². The second-order valence-electron chi connectivity index (χ2n) is 6.70. The quantitative estimate of drug-likeness (QED) is 0.689. The Morgan fingerprint density at radius 3 is 2.73 bits per heavy atom. The number of benzene rings is 2. The molecule has 0 spiro atoms. The monoisotopic (exact) mass is 353 g/mol. The molecule has 0 bridgehead atoms. The third-order valence-electron chi connectivity index (χ3n) is 4.79. The first-order chi connectivity index (χ1) is 12.7. The number of anilines is 1. The Balaban J connectivity index is 1.82. The number of carbonyl (C=O) groups excluding carboxylic acids is 1. The lowest BCUT2D eigenvalue weighted by Gasteiger charge is -2.25. The molecule has 0 heterocycles. The third-order valence-corrected chi connectivity index (χ3v) is 4.79. The number of amides is 1. The van der Waals surface area contributed by atoms with Crippen LogP contribution in [-0.4, -0.2) is 5.91 Å². The molecule has 2 aromatic rings. The van der Waals surface area contributed by atoms with Crippen LogP contribution in [0, 0.1) is 5.82 Å². The lowest BCUT2D eigenvalue weighted by atomic mass is 9.83. The number of halogens is 1. The SMILES string of the molecule is C=CC(=O)Nc1ccc(OCc2cccc(F)c2)c(C2CCCCC2)c1. The van der Waals surface area contributed by atoms with Gasteiger partial charge in [0.15, 0.2) is 0 Å². The number of rotatable bonds is 6. The van der Waals surface area contributed by atoms with Crippen LogP contribution in [0.3, 0.4) is 0 Å². The molecular weight excluding hydrogens is 329 g/mol. The van der Waals surface area contributed by atoms with Crippen molar-refractivity contribution in [3.63, 3.8) is 0 Å². The first-order valence-corrected chi connectivity index (χ1v) is 9.10. The Hall–Kier alpha value is -2.62. The number of hydrogen-bond acceptors (Lipinski definition) is 2. The summed E-state index contributed by atoms with van der Waals surface area (Å²) in [6, 6.07) is 12.2. The predicted molar refractivity (Wildman–Crippen MR) is 102 cm³/mol. The molecule has 26 heavy (non-hydrogen) atoms. The molecule has 3 rings (SSSR count). The number of nitrogens with one attached hydrogen (secondary N) is 1. The van der Waals surface area contributed by atoms with Gasteiger partial charge in [0.1, 0.15) is 18.2 Å². The topological polar surface area (TPSA) is 38.3 Å². The maximum atomic E-state index is 13.4. The average Bonchev–Trinajstić information content (AvgIpc) is 2.67. The van der Waals surface area contributed by atoms with Crippen LogP contribution < -0.4 is 10.1 Å². The van der Waals surface area contributed by atoms with Gasteiger partial charge in [0.05, 0.1) is 0 Å². The zero-order chi connectivity index (χ0) is 18.4. The van der Waals surface area contributed by atoms with Crippen molar-refractivity contribution >= 4 is 11.6 Å². The zero-order valence-corrected chi connectivity index (χ0v) is 14.8. The van der Waals surface area contributed by atoms with E-state index >= 15 is 0 Å². The normalized spacial score (nSPS) is 14.7. The van der Waals surface area contributed by atoms with E-state index in [1.54, 1.807) is 6.07 Å². The highest BCUT2D eigenvalue weighted by atomic mass is 19.1. The summed E-state index contributed by atoms with van der Waals surface area (Å²) in [5.41, 5.74) is 2.65. The van der Waals surface area contributed by atoms with Crippen LogP contribution in [0.5, 0.6) is 5.75 Å². The summed E-state index contributed by atoms with van der Waals surface area (Å²) in [5, 5.41) is 2.82. The number of carbonyl (C=O) groups is 1. The molecule has 1 saturated carbocycles. The van der Waals surface area contributed by atoms with Crippen LogP contribution in [0.25, 0.3) is 0 Å². The molecular formula is C22H24FNO2. The lowest BCUT2D eigenvalue weighted by Crippen LogP contribution is -2.11. The lowest BCUT2D eigenvalue weighted by molar-refractivity contribution is -0.111. The minimum atomic E-state index is -0.263. The molecule has 136 valence electrons. The first-order valence-electron chi connectivity index (χ1n) is 9.10. The van der Waals surface area contributed by atoms with E-state index in [2.05, 4.69) is 11.9 Å². The Labute approximate surface area is 153 Å². The van der Waals surface area contributed by atoms with Gasteiger partial charge in [0.2, 0.25) is 5.91 Å². The van der Waals surface area contributed by atoms with Crippen molar-refractivity contribution in [3.8, 4) is 5.75 Å². The highest BCUT2D eigenvalue weighted by Gasteiger charge is 2.20. The van der Waals surface area contributed by atoms with E-state index in [4.69, 9.17) is 4.74 Å². The minimum Gasteiger partial charge on any atom is -0.489 e. The fourth-order valence-electron chi connectivity index (χ4n) is 3.47. The molecule has 2 aromatic carbocycles. The number of ether oxygens (including phenoxy) is 1. The summed E-state index contributed by atoms with van der Waals surface area (Å²) >= 11 is 0. The molecule has 1 N–H and O–H groups in total. The third kappa shape index (κ3) is 4.72. The predicted octanol–water partition coefficient (Wildman–Crippen LogP) is 5.58. The molecule has 0 saturated heterocycles. The van der Waals surface area contributed by atoms with Crippen LogP contribution in [-0.2, 0) is 11.4 Å². The Bertz CT molecular complexity index is 781. The van der Waals surface area contributed by atoms with Gasteiger partial charge in [-0.1, -0.05) is 38.0 Å². The standard InChI is InChI=1S/C22H24FNO2/c1-2-22(25)24-19-11-12-21(20(14-19)17-8-4-3-5-9-17)26-15-16-7-6-10-18(23)13-16/h2,6-7,10-14,17H,1,3-5,8-9,15H2,(H,24,25). The van der Waals surface area contributed by atoms with Crippen molar-refractivity contribution in [2.75, 3.05) is 5.32 Å². The van der Waals surface area contributed by atoms with Crippen molar-refractivity contribution in [2.24, 2.45) is 0 Å². The van der Waals surface area contributed by atoms with Crippen molar-refractivity contribution in [1.82, 2.24) is 0 Å². The second-order valence-corrected chi connectivity index (χ2v) is 6.70. The van der Waals surface area contributed by atoms with Crippen LogP contribution in [0.2, 0.25) is 0 Å². The Kier molecular flexibility index (Phi) is 6.05. The van der Waals surface area contributed by atoms with Crippen molar-refractivity contribution in [3.05, 3.63) is 72.1 Å². The maximum Gasteiger partial charge on any atom is 0.247 e. The molecule has 1 fully saturated rings. The molecule has 3 nitrogen and oxygen atoms in total. The summed E-state index contributed by atoms with van der Waals surface area (Å²) in [4.78, 5) is 11.6. The van der Waals surface area contributed by atoms with Crippen LogP contribution in [0.1, 0.15) is 49.1 Å². The average molecular weight is 353 g/mol. The van der Waals surface area contributed by atoms with Crippen molar-refractivity contribution < 1.29 is 13.9 Å². The van der Waals surface area contributed by atoms with E-state index in [0.717, 1.165) is 35.4 Å². The van der Waals surface area contributed by atoms with Crippen molar-refractivity contribution in [1.29, 1.82) is 0 Å². The molecule has 0 atom stereocenters. The minimum absolute atomic E-state index is 0.229. The van der Waals surface area contributed by atoms with Gasteiger partial charge < -0.3 is 10.1 Å². The van der Waals surface area contributed by atoms with Gasteiger partial charge in [-0.2, -0.15) is 0 Å². The van der Waals surface area contributed by atoms with Gasteiger partial charge in [-0.3, -0.25) is 4.79 Å². The Morgan fingerprint density at radius 1 is 1.19 bits per heavy atom. The van der Waals surface area contributed by atoms with Gasteiger partial charge in [-0.05, 0) is 66.3 Å². The van der Waals surface area contributed by atoms with Crippen LogP contribution in [0.4, 0.5) is 10.1 Å². The molecule has 1 aliphatic rings. The van der Waals surface area contributed by atoms with Gasteiger partial charge in [0, 0.05) is 5.69 Å². The van der Waals surface area contributed by atoms with Gasteiger partial charge in [-0.15, -0.1) is 0 Å². The summed E-state index contributed by atoms with van der Waals surface area (Å²) < 4.78 is 19.4. The van der Waals surface area contributed by atoms with Crippen molar-refractivity contribution in [2.45, 2.75) is 44.6 Å². The first kappa shape index (κ1) is 18.2. The molecule has 0 unspecified atom stereocenters. The van der Waals surface area contributed by atoms with E-state index in [0.29, 0.717) is 12.5 Å². The van der Waals surface area contributed by atoms with Gasteiger partial charge in [-0.25, -0.2) is 4.39 Å². The Morgan fingerprint density at radius 2 is 2.00 bits per heavy atom. The summed E-state index contributed by atoms with van der Waals surface area (Å²) in [6.45, 7) is 3.80. The van der Waals surface area contributed by atoms with Crippen LogP contribution in [0.15, 0.2) is 55.1 Å². The smallest absolute Gasteiger partial charge is 0.247 e. The van der Waals surface area contributed by atoms with E-state index in [1.165, 1.54) is 37.5 Å². The van der Waals surface area contributed by atoms with E-state index < -0.39 is 0 Å². The molecule has 0 radical (unpaired) electrons. The van der Waals surface area contributed by atoms with Gasteiger partial charge >= 0.3 is 0 Å². The highest BCUT2D eigenvalue weighted by Crippen LogP contribution is 2.39. The highest BCUT2D eigenvalue weighted by molar-refractivity contribution is 5.98. The fraction of sp³-hybridized carbons (Fsp3) is 0.318. The second kappa shape index (κ2) is 8.65. The fourth-order valence-corrected chi connectivity index (χ4v) is 3.47. The molecule has 0 aliphatic heterocycles. The summed E-state index contributed by atoms with van der Waals surface area (Å²) in [5.74, 6) is 0.735. The molecule has 4 heteroatoms. The largest absolute Gasteiger partial charge is 0.489 e. The number of hydrogen-bond donors (Lipinski definition) is 1. The van der Waals surface area contributed by atoms with Crippen LogP contribution >= 0.6 is 0 Å². The molecule has 1 amide bonds. The molecule has 1 aliphatic carbocycles. The molecule has 0 aromatic heterocycles. The maximum absolute atomic E-state index is 13.4. The zero-order valence-electron chi connectivity index (χ0n) is 14.8. The van der Waals surface area contributed by atoms with E-state index in [1.807, 2.05) is 24.3 Å². The summed E-state index contributed by atoms with van der Waals surface area (Å²) in [6.07, 6.45) is 7.18. The van der Waals surface area contributed by atoms with E-state index in [9.17, 15) is 9.18 Å².